The van der Waals surface area contributed by atoms with E-state index in [1.165, 1.54) is 7.11 Å². The lowest BCUT2D eigenvalue weighted by atomic mass is 9.75. The van der Waals surface area contributed by atoms with Crippen LogP contribution in [-0.4, -0.2) is 18.9 Å². The number of ether oxygens (including phenoxy) is 1. The molecule has 0 radical (unpaired) electrons. The van der Waals surface area contributed by atoms with Crippen molar-refractivity contribution in [2.24, 2.45) is 17.3 Å². The number of ketones is 1. The van der Waals surface area contributed by atoms with Crippen LogP contribution in [0.4, 0.5) is 0 Å². The summed E-state index contributed by atoms with van der Waals surface area (Å²) in [7, 11) is 1.39. The zero-order valence-electron chi connectivity index (χ0n) is 8.00. The van der Waals surface area contributed by atoms with Gasteiger partial charge in [0.25, 0.3) is 0 Å². The lowest BCUT2D eigenvalue weighted by Crippen LogP contribution is -2.34. The monoisotopic (exact) mass is 182 g/mol. The van der Waals surface area contributed by atoms with Gasteiger partial charge in [0.05, 0.1) is 12.5 Å². The van der Waals surface area contributed by atoms with E-state index in [0.29, 0.717) is 0 Å². The largest absolute Gasteiger partial charge is 0.469 e. The van der Waals surface area contributed by atoms with Crippen molar-refractivity contribution in [3.05, 3.63) is 0 Å². The van der Waals surface area contributed by atoms with E-state index in [1.807, 2.05) is 6.92 Å². The second-order valence-corrected chi connectivity index (χ2v) is 4.29. The average Bonchev–Trinajstić information content (AvgIpc) is 2.78. The molecule has 0 spiro atoms. The van der Waals surface area contributed by atoms with Crippen LogP contribution in [0.1, 0.15) is 26.2 Å². The smallest absolute Gasteiger partial charge is 0.312 e. The molecule has 3 nitrogen and oxygen atoms in total. The third kappa shape index (κ3) is 1.02. The van der Waals surface area contributed by atoms with E-state index in [2.05, 4.69) is 0 Å². The van der Waals surface area contributed by atoms with Gasteiger partial charge in [-0.2, -0.15) is 0 Å². The number of esters is 1. The summed E-state index contributed by atoms with van der Waals surface area (Å²) in [6, 6.07) is 0. The minimum absolute atomic E-state index is 0.0336. The standard InChI is InChI=1S/C10H14O3/c1-10(9(12)13-2)5-3-4-6-7(10)8(6)11/h6-7H,3-5H2,1-2H3/t6-,7-,10?/m0/s1. The lowest BCUT2D eigenvalue weighted by molar-refractivity contribution is -0.155. The van der Waals surface area contributed by atoms with Crippen LogP contribution in [0.2, 0.25) is 0 Å². The third-order valence-corrected chi connectivity index (χ3v) is 3.51. The highest BCUT2D eigenvalue weighted by molar-refractivity contribution is 6.04. The first-order valence-corrected chi connectivity index (χ1v) is 4.73. The molecule has 2 aliphatic rings. The normalized spacial score (nSPS) is 42.5. The number of hydrogen-bond donors (Lipinski definition) is 0. The van der Waals surface area contributed by atoms with Gasteiger partial charge in [-0.15, -0.1) is 0 Å². The molecule has 0 N–H and O–H groups in total. The van der Waals surface area contributed by atoms with Gasteiger partial charge in [0, 0.05) is 11.8 Å². The topological polar surface area (TPSA) is 43.4 Å². The number of Topliss-reactive ketones (excluding diaryl/α,β-unsaturated/α-hetero) is 1. The Balaban J connectivity index is 2.22. The van der Waals surface area contributed by atoms with E-state index in [-0.39, 0.29) is 23.6 Å². The first kappa shape index (κ1) is 8.73. The maximum Gasteiger partial charge on any atom is 0.312 e. The molecule has 0 aromatic heterocycles. The highest BCUT2D eigenvalue weighted by Crippen LogP contribution is 2.56. The summed E-state index contributed by atoms with van der Waals surface area (Å²) < 4.78 is 4.75. The Hall–Kier alpha value is -0.860. The van der Waals surface area contributed by atoms with Crippen molar-refractivity contribution in [2.45, 2.75) is 26.2 Å². The van der Waals surface area contributed by atoms with Crippen molar-refractivity contribution in [1.29, 1.82) is 0 Å². The molecule has 0 saturated heterocycles. The number of methoxy groups -OCH3 is 1. The Labute approximate surface area is 77.4 Å². The zero-order valence-corrected chi connectivity index (χ0v) is 8.00. The molecule has 72 valence electrons. The van der Waals surface area contributed by atoms with E-state index in [1.54, 1.807) is 0 Å². The van der Waals surface area contributed by atoms with E-state index in [0.717, 1.165) is 19.3 Å². The Kier molecular flexibility index (Phi) is 1.72. The number of carbonyl (C=O) groups excluding carboxylic acids is 2. The Bertz CT molecular complexity index is 271. The summed E-state index contributed by atoms with van der Waals surface area (Å²) in [5, 5.41) is 0. The van der Waals surface area contributed by atoms with Crippen molar-refractivity contribution in [2.75, 3.05) is 7.11 Å². The molecule has 3 atom stereocenters. The summed E-state index contributed by atoms with van der Waals surface area (Å²) >= 11 is 0. The fourth-order valence-electron chi connectivity index (χ4n) is 2.67. The first-order valence-electron chi connectivity index (χ1n) is 4.73. The summed E-state index contributed by atoms with van der Waals surface area (Å²) in [6.45, 7) is 1.86. The summed E-state index contributed by atoms with van der Waals surface area (Å²) in [4.78, 5) is 22.8. The molecule has 0 aliphatic heterocycles. The van der Waals surface area contributed by atoms with Crippen LogP contribution in [0.25, 0.3) is 0 Å². The summed E-state index contributed by atoms with van der Waals surface area (Å²) in [5.74, 6) is 0.185. The zero-order chi connectivity index (χ0) is 9.64. The minimum Gasteiger partial charge on any atom is -0.469 e. The molecule has 1 unspecified atom stereocenters. The van der Waals surface area contributed by atoms with Gasteiger partial charge in [-0.3, -0.25) is 9.59 Å². The fourth-order valence-corrected chi connectivity index (χ4v) is 2.67. The maximum absolute atomic E-state index is 11.5. The van der Waals surface area contributed by atoms with E-state index in [9.17, 15) is 9.59 Å². The second-order valence-electron chi connectivity index (χ2n) is 4.29. The average molecular weight is 182 g/mol. The molecule has 0 aromatic rings. The molecule has 2 saturated carbocycles. The number of hydrogen-bond acceptors (Lipinski definition) is 3. The second kappa shape index (κ2) is 2.56. The van der Waals surface area contributed by atoms with Crippen LogP contribution >= 0.6 is 0 Å². The summed E-state index contributed by atoms with van der Waals surface area (Å²) in [5.41, 5.74) is -0.519. The van der Waals surface area contributed by atoms with Gasteiger partial charge in [0.15, 0.2) is 0 Å². The fraction of sp³-hybridized carbons (Fsp3) is 0.800. The molecule has 3 heteroatoms. The van der Waals surface area contributed by atoms with Gasteiger partial charge >= 0.3 is 5.97 Å². The highest BCUT2D eigenvalue weighted by atomic mass is 16.5. The Morgan fingerprint density at radius 3 is 2.92 bits per heavy atom. The van der Waals surface area contributed by atoms with Crippen molar-refractivity contribution < 1.29 is 14.3 Å². The molecule has 2 fully saturated rings. The lowest BCUT2D eigenvalue weighted by Gasteiger charge is -2.28. The molecule has 0 bridgehead atoms. The van der Waals surface area contributed by atoms with Gasteiger partial charge in [0.1, 0.15) is 5.78 Å². The number of carbonyl (C=O) groups is 2. The molecule has 0 aromatic carbocycles. The predicted molar refractivity (Wildman–Crippen MR) is 46.0 cm³/mol. The molecular weight excluding hydrogens is 168 g/mol. The quantitative estimate of drug-likeness (QED) is 0.571. The molecular formula is C10H14O3. The van der Waals surface area contributed by atoms with Gasteiger partial charge < -0.3 is 4.74 Å². The van der Waals surface area contributed by atoms with Gasteiger partial charge in [-0.05, 0) is 19.8 Å². The molecule has 0 heterocycles. The van der Waals surface area contributed by atoms with Crippen molar-refractivity contribution in [1.82, 2.24) is 0 Å². The van der Waals surface area contributed by atoms with Crippen LogP contribution in [0.3, 0.4) is 0 Å². The third-order valence-electron chi connectivity index (χ3n) is 3.51. The van der Waals surface area contributed by atoms with Crippen molar-refractivity contribution in [3.63, 3.8) is 0 Å². The predicted octanol–water partition coefficient (Wildman–Crippen LogP) is 1.16. The van der Waals surface area contributed by atoms with E-state index >= 15 is 0 Å². The molecule has 2 rings (SSSR count). The Morgan fingerprint density at radius 1 is 1.62 bits per heavy atom. The van der Waals surface area contributed by atoms with E-state index in [4.69, 9.17) is 4.74 Å². The first-order chi connectivity index (χ1) is 6.11. The van der Waals surface area contributed by atoms with E-state index < -0.39 is 5.41 Å². The molecule has 0 amide bonds. The van der Waals surface area contributed by atoms with Gasteiger partial charge in [0.2, 0.25) is 0 Å². The Morgan fingerprint density at radius 2 is 2.31 bits per heavy atom. The minimum atomic E-state index is -0.519. The molecule has 2 aliphatic carbocycles. The van der Waals surface area contributed by atoms with Crippen LogP contribution in [0.5, 0.6) is 0 Å². The van der Waals surface area contributed by atoms with Gasteiger partial charge in [-0.1, -0.05) is 6.42 Å². The summed E-state index contributed by atoms with van der Waals surface area (Å²) in [6.07, 6.45) is 2.74. The van der Waals surface area contributed by atoms with Crippen molar-refractivity contribution in [3.8, 4) is 0 Å². The number of rotatable bonds is 1. The molecule has 13 heavy (non-hydrogen) atoms. The van der Waals surface area contributed by atoms with Crippen LogP contribution < -0.4 is 0 Å². The number of fused-ring (bicyclic) bond motifs is 1. The van der Waals surface area contributed by atoms with Crippen LogP contribution in [0.15, 0.2) is 0 Å². The van der Waals surface area contributed by atoms with Crippen LogP contribution in [-0.2, 0) is 14.3 Å². The maximum atomic E-state index is 11.5. The SMILES string of the molecule is COC(=O)C1(C)CCC[C@@H]2C(=O)[C@H]21. The van der Waals surface area contributed by atoms with Crippen molar-refractivity contribution >= 4 is 11.8 Å². The highest BCUT2D eigenvalue weighted by Gasteiger charge is 2.64. The van der Waals surface area contributed by atoms with Gasteiger partial charge in [-0.25, -0.2) is 0 Å². The van der Waals surface area contributed by atoms with Crippen LogP contribution in [0, 0.1) is 17.3 Å².